The highest BCUT2D eigenvalue weighted by molar-refractivity contribution is 8.00. The molecule has 0 fully saturated rings. The van der Waals surface area contributed by atoms with Crippen LogP contribution in [0.5, 0.6) is 5.75 Å². The van der Waals surface area contributed by atoms with Crippen molar-refractivity contribution < 1.29 is 4.74 Å². The Morgan fingerprint density at radius 2 is 1.71 bits per heavy atom. The van der Waals surface area contributed by atoms with E-state index in [0.717, 1.165) is 16.8 Å². The summed E-state index contributed by atoms with van der Waals surface area (Å²) in [4.78, 5) is 0. The van der Waals surface area contributed by atoms with Gasteiger partial charge in [0, 0.05) is 10.7 Å². The number of hydrogen-bond acceptors (Lipinski definition) is 5. The fourth-order valence-corrected chi connectivity index (χ4v) is 4.34. The molecule has 31 heavy (non-hydrogen) atoms. The maximum Gasteiger partial charge on any atom is 0.197 e. The van der Waals surface area contributed by atoms with E-state index in [0.29, 0.717) is 28.2 Å². The van der Waals surface area contributed by atoms with Gasteiger partial charge < -0.3 is 4.74 Å². The summed E-state index contributed by atoms with van der Waals surface area (Å²) in [5, 5.41) is 19.6. The molecular formula is C24H19ClN4OS. The van der Waals surface area contributed by atoms with Crippen molar-refractivity contribution in [3.8, 4) is 28.9 Å². The quantitative estimate of drug-likeness (QED) is 0.334. The van der Waals surface area contributed by atoms with E-state index in [1.54, 1.807) is 7.11 Å². The first-order chi connectivity index (χ1) is 15.2. The Labute approximate surface area is 190 Å². The summed E-state index contributed by atoms with van der Waals surface area (Å²) < 4.78 is 7.48. The van der Waals surface area contributed by atoms with Gasteiger partial charge in [0.1, 0.15) is 11.0 Å². The van der Waals surface area contributed by atoms with E-state index >= 15 is 0 Å². The summed E-state index contributed by atoms with van der Waals surface area (Å²) in [7, 11) is 1.63. The summed E-state index contributed by atoms with van der Waals surface area (Å²) >= 11 is 7.50. The number of ether oxygens (including phenoxy) is 1. The van der Waals surface area contributed by atoms with Gasteiger partial charge in [-0.25, -0.2) is 0 Å². The number of nitriles is 1. The zero-order valence-corrected chi connectivity index (χ0v) is 18.3. The third-order valence-corrected chi connectivity index (χ3v) is 6.01. The molecule has 4 aromatic rings. The van der Waals surface area contributed by atoms with Crippen molar-refractivity contribution in [3.05, 3.63) is 89.4 Å². The van der Waals surface area contributed by atoms with Gasteiger partial charge >= 0.3 is 0 Å². The van der Waals surface area contributed by atoms with Crippen LogP contribution in [-0.2, 0) is 6.42 Å². The topological polar surface area (TPSA) is 63.7 Å². The standard InChI is InChI=1S/C24H19ClN4OS/c1-30-22-10-6-5-9-21(22)23-27-28-24(29(23)19-13-11-18(25)12-14-19)31-20(16-26)15-17-7-3-2-4-8-17/h2-14,20H,15H2,1H3/t20-/m0/s1. The van der Waals surface area contributed by atoms with Gasteiger partial charge in [-0.3, -0.25) is 4.57 Å². The zero-order valence-electron chi connectivity index (χ0n) is 16.8. The predicted molar refractivity (Wildman–Crippen MR) is 124 cm³/mol. The van der Waals surface area contributed by atoms with Gasteiger partial charge in [-0.1, -0.05) is 65.8 Å². The van der Waals surface area contributed by atoms with Crippen LogP contribution in [-0.4, -0.2) is 27.1 Å². The van der Waals surface area contributed by atoms with Gasteiger partial charge in [-0.15, -0.1) is 10.2 Å². The van der Waals surface area contributed by atoms with Crippen LogP contribution in [0.4, 0.5) is 0 Å². The van der Waals surface area contributed by atoms with Crippen molar-refractivity contribution in [1.82, 2.24) is 14.8 Å². The first-order valence-electron chi connectivity index (χ1n) is 9.64. The average Bonchev–Trinajstić information content (AvgIpc) is 3.23. The number of hydrogen-bond donors (Lipinski definition) is 0. The Bertz CT molecular complexity index is 1200. The molecule has 0 radical (unpaired) electrons. The van der Waals surface area contributed by atoms with Crippen molar-refractivity contribution in [1.29, 1.82) is 5.26 Å². The molecule has 1 heterocycles. The summed E-state index contributed by atoms with van der Waals surface area (Å²) in [5.41, 5.74) is 2.77. The molecule has 154 valence electrons. The van der Waals surface area contributed by atoms with Crippen molar-refractivity contribution in [2.75, 3.05) is 7.11 Å². The van der Waals surface area contributed by atoms with E-state index < -0.39 is 0 Å². The lowest BCUT2D eigenvalue weighted by Gasteiger charge is -2.14. The van der Waals surface area contributed by atoms with Crippen molar-refractivity contribution in [3.63, 3.8) is 0 Å². The summed E-state index contributed by atoms with van der Waals surface area (Å²) in [6.45, 7) is 0. The van der Waals surface area contributed by atoms with Crippen LogP contribution in [0, 0.1) is 11.3 Å². The second kappa shape index (κ2) is 9.69. The largest absolute Gasteiger partial charge is 0.496 e. The number of benzene rings is 3. The maximum atomic E-state index is 9.79. The molecule has 0 saturated heterocycles. The lowest BCUT2D eigenvalue weighted by Crippen LogP contribution is -2.07. The van der Waals surface area contributed by atoms with Gasteiger partial charge in [-0.2, -0.15) is 5.26 Å². The first kappa shape index (κ1) is 21.0. The highest BCUT2D eigenvalue weighted by atomic mass is 35.5. The van der Waals surface area contributed by atoms with Crippen molar-refractivity contribution in [2.24, 2.45) is 0 Å². The number of thioether (sulfide) groups is 1. The summed E-state index contributed by atoms with van der Waals surface area (Å²) in [5.74, 6) is 1.33. The fourth-order valence-electron chi connectivity index (χ4n) is 3.24. The molecule has 4 rings (SSSR count). The molecule has 5 nitrogen and oxygen atoms in total. The highest BCUT2D eigenvalue weighted by Crippen LogP contribution is 2.35. The molecule has 0 bridgehead atoms. The van der Waals surface area contributed by atoms with Gasteiger partial charge in [-0.05, 0) is 48.4 Å². The molecule has 0 saturated carbocycles. The lowest BCUT2D eigenvalue weighted by molar-refractivity contribution is 0.416. The van der Waals surface area contributed by atoms with E-state index in [1.807, 2.05) is 83.4 Å². The average molecular weight is 447 g/mol. The van der Waals surface area contributed by atoms with Crippen LogP contribution in [0.15, 0.2) is 84.0 Å². The predicted octanol–water partition coefficient (Wildman–Crippen LogP) is 5.82. The molecule has 0 spiro atoms. The van der Waals surface area contributed by atoms with Crippen LogP contribution >= 0.6 is 23.4 Å². The number of rotatable bonds is 7. The molecule has 3 aromatic carbocycles. The van der Waals surface area contributed by atoms with E-state index in [-0.39, 0.29) is 5.25 Å². The molecule has 0 aliphatic heterocycles. The normalized spacial score (nSPS) is 11.6. The Kier molecular flexibility index (Phi) is 6.56. The monoisotopic (exact) mass is 446 g/mol. The number of nitrogens with zero attached hydrogens (tertiary/aromatic N) is 4. The third-order valence-electron chi connectivity index (χ3n) is 4.72. The van der Waals surface area contributed by atoms with Gasteiger partial charge in [0.05, 0.1) is 18.7 Å². The second-order valence-corrected chi connectivity index (χ2v) is 8.35. The van der Waals surface area contributed by atoms with Crippen molar-refractivity contribution in [2.45, 2.75) is 16.8 Å². The van der Waals surface area contributed by atoms with Gasteiger partial charge in [0.25, 0.3) is 0 Å². The van der Waals surface area contributed by atoms with Crippen LogP contribution in [0.25, 0.3) is 17.1 Å². The Balaban J connectivity index is 1.76. The number of halogens is 1. The van der Waals surface area contributed by atoms with E-state index in [1.165, 1.54) is 11.8 Å². The number of methoxy groups -OCH3 is 1. The molecular weight excluding hydrogens is 428 g/mol. The minimum absolute atomic E-state index is 0.317. The minimum Gasteiger partial charge on any atom is -0.496 e. The van der Waals surface area contributed by atoms with E-state index in [2.05, 4.69) is 16.3 Å². The molecule has 0 amide bonds. The molecule has 1 aromatic heterocycles. The number of para-hydroxylation sites is 1. The summed E-state index contributed by atoms with van der Waals surface area (Å²) in [6.07, 6.45) is 0.611. The highest BCUT2D eigenvalue weighted by Gasteiger charge is 2.22. The smallest absolute Gasteiger partial charge is 0.197 e. The molecule has 0 unspecified atom stereocenters. The maximum absolute atomic E-state index is 9.79. The first-order valence-corrected chi connectivity index (χ1v) is 10.9. The molecule has 0 N–H and O–H groups in total. The molecule has 7 heteroatoms. The molecule has 0 aliphatic rings. The lowest BCUT2D eigenvalue weighted by atomic mass is 10.1. The van der Waals surface area contributed by atoms with Crippen LogP contribution < -0.4 is 4.74 Å². The molecule has 1 atom stereocenters. The number of aromatic nitrogens is 3. The third kappa shape index (κ3) is 4.74. The SMILES string of the molecule is COc1ccccc1-c1nnc(S[C@H](C#N)Cc2ccccc2)n1-c1ccc(Cl)cc1. The minimum atomic E-state index is -0.317. The molecule has 0 aliphatic carbocycles. The Morgan fingerprint density at radius 1 is 1.00 bits per heavy atom. The van der Waals surface area contributed by atoms with E-state index in [4.69, 9.17) is 16.3 Å². The van der Waals surface area contributed by atoms with Crippen LogP contribution in [0.1, 0.15) is 5.56 Å². The second-order valence-electron chi connectivity index (χ2n) is 6.74. The van der Waals surface area contributed by atoms with E-state index in [9.17, 15) is 5.26 Å². The zero-order chi connectivity index (χ0) is 21.6. The summed E-state index contributed by atoms with van der Waals surface area (Å²) in [6, 6.07) is 27.5. The van der Waals surface area contributed by atoms with Crippen LogP contribution in [0.2, 0.25) is 5.02 Å². The van der Waals surface area contributed by atoms with Gasteiger partial charge in [0.15, 0.2) is 11.0 Å². The Morgan fingerprint density at radius 3 is 2.42 bits per heavy atom. The van der Waals surface area contributed by atoms with Gasteiger partial charge in [0.2, 0.25) is 0 Å². The fraction of sp³-hybridized carbons (Fsp3) is 0.125. The van der Waals surface area contributed by atoms with Crippen molar-refractivity contribution >= 4 is 23.4 Å². The Hall–Kier alpha value is -3.27. The van der Waals surface area contributed by atoms with Crippen LogP contribution in [0.3, 0.4) is 0 Å².